The maximum absolute atomic E-state index is 11.7. The van der Waals surface area contributed by atoms with Crippen molar-refractivity contribution in [2.45, 2.75) is 32.1 Å². The second kappa shape index (κ2) is 7.89. The first-order chi connectivity index (χ1) is 9.34. The molecule has 1 aromatic rings. The molecule has 104 valence electrons. The summed E-state index contributed by atoms with van der Waals surface area (Å²) >= 11 is 0. The number of amides is 1. The van der Waals surface area contributed by atoms with Crippen molar-refractivity contribution in [2.75, 3.05) is 19.6 Å². The van der Waals surface area contributed by atoms with E-state index >= 15 is 0 Å². The van der Waals surface area contributed by atoms with Gasteiger partial charge in [0.25, 0.3) is 0 Å². The van der Waals surface area contributed by atoms with E-state index in [9.17, 15) is 4.79 Å². The van der Waals surface area contributed by atoms with Gasteiger partial charge in [-0.05, 0) is 56.3 Å². The summed E-state index contributed by atoms with van der Waals surface area (Å²) in [5.41, 5.74) is 1.17. The lowest BCUT2D eigenvalue weighted by molar-refractivity contribution is -0.121. The first-order valence-corrected chi connectivity index (χ1v) is 7.21. The van der Waals surface area contributed by atoms with E-state index in [4.69, 9.17) is 0 Å². The maximum Gasteiger partial charge on any atom is 0.220 e. The lowest BCUT2D eigenvalue weighted by atomic mass is 9.94. The van der Waals surface area contributed by atoms with Crippen LogP contribution in [0, 0.1) is 5.92 Å². The zero-order valence-corrected chi connectivity index (χ0v) is 11.4. The van der Waals surface area contributed by atoms with Crippen molar-refractivity contribution in [2.24, 2.45) is 5.92 Å². The molecule has 1 saturated heterocycles. The molecule has 4 nitrogen and oxygen atoms in total. The average molecular weight is 261 g/mol. The van der Waals surface area contributed by atoms with E-state index in [0.717, 1.165) is 25.9 Å². The number of piperidine rings is 1. The van der Waals surface area contributed by atoms with E-state index in [2.05, 4.69) is 15.6 Å². The number of hydrogen-bond acceptors (Lipinski definition) is 3. The zero-order chi connectivity index (χ0) is 13.3. The van der Waals surface area contributed by atoms with Gasteiger partial charge in [0, 0.05) is 25.4 Å². The lowest BCUT2D eigenvalue weighted by Gasteiger charge is -2.22. The second-order valence-electron chi connectivity index (χ2n) is 5.21. The van der Waals surface area contributed by atoms with Gasteiger partial charge in [0.1, 0.15) is 0 Å². The molecule has 19 heavy (non-hydrogen) atoms. The highest BCUT2D eigenvalue weighted by Crippen LogP contribution is 2.15. The second-order valence-corrected chi connectivity index (χ2v) is 5.21. The third kappa shape index (κ3) is 5.39. The van der Waals surface area contributed by atoms with Gasteiger partial charge >= 0.3 is 0 Å². The van der Waals surface area contributed by atoms with E-state index in [1.807, 2.05) is 18.3 Å². The molecule has 2 rings (SSSR count). The number of nitrogens with zero attached hydrogens (tertiary/aromatic N) is 1. The molecule has 1 fully saturated rings. The van der Waals surface area contributed by atoms with Crippen molar-refractivity contribution in [3.05, 3.63) is 30.1 Å². The van der Waals surface area contributed by atoms with Crippen molar-refractivity contribution < 1.29 is 4.79 Å². The van der Waals surface area contributed by atoms with Crippen LogP contribution in [0.3, 0.4) is 0 Å². The molecule has 0 aromatic carbocycles. The molecule has 0 spiro atoms. The van der Waals surface area contributed by atoms with Gasteiger partial charge in [-0.2, -0.15) is 0 Å². The number of carbonyl (C=O) groups is 1. The Kier molecular flexibility index (Phi) is 5.82. The van der Waals surface area contributed by atoms with Crippen molar-refractivity contribution in [3.8, 4) is 0 Å². The molecule has 2 heterocycles. The Morgan fingerprint density at radius 1 is 1.53 bits per heavy atom. The summed E-state index contributed by atoms with van der Waals surface area (Å²) in [6.45, 7) is 2.91. The van der Waals surface area contributed by atoms with Crippen molar-refractivity contribution >= 4 is 5.91 Å². The predicted molar refractivity (Wildman–Crippen MR) is 75.8 cm³/mol. The van der Waals surface area contributed by atoms with Crippen LogP contribution in [0.15, 0.2) is 24.5 Å². The molecule has 1 aliphatic rings. The molecular weight excluding hydrogens is 238 g/mol. The minimum Gasteiger partial charge on any atom is -0.356 e. The normalized spacial score (nSPS) is 19.1. The Hall–Kier alpha value is -1.42. The first-order valence-electron chi connectivity index (χ1n) is 7.21. The summed E-state index contributed by atoms with van der Waals surface area (Å²) in [7, 11) is 0. The molecule has 1 unspecified atom stereocenters. The van der Waals surface area contributed by atoms with Crippen LogP contribution in [0.4, 0.5) is 0 Å². The van der Waals surface area contributed by atoms with E-state index in [1.165, 1.54) is 18.4 Å². The van der Waals surface area contributed by atoms with Crippen molar-refractivity contribution in [1.82, 2.24) is 15.6 Å². The Balaban J connectivity index is 1.57. The minimum absolute atomic E-state index is 0.175. The van der Waals surface area contributed by atoms with Crippen LogP contribution in [0.2, 0.25) is 0 Å². The first kappa shape index (κ1) is 14.0. The van der Waals surface area contributed by atoms with Gasteiger partial charge < -0.3 is 10.6 Å². The van der Waals surface area contributed by atoms with Crippen LogP contribution in [0.25, 0.3) is 0 Å². The van der Waals surface area contributed by atoms with E-state index in [0.29, 0.717) is 18.9 Å². The molecule has 1 aromatic heterocycles. The monoisotopic (exact) mass is 261 g/mol. The number of carbonyl (C=O) groups excluding carboxylic acids is 1. The Morgan fingerprint density at radius 3 is 3.21 bits per heavy atom. The number of aromatic nitrogens is 1. The topological polar surface area (TPSA) is 54.0 Å². The molecule has 1 atom stereocenters. The van der Waals surface area contributed by atoms with E-state index < -0.39 is 0 Å². The summed E-state index contributed by atoms with van der Waals surface area (Å²) in [6.07, 6.45) is 8.62. The van der Waals surface area contributed by atoms with Crippen LogP contribution in [0.1, 0.15) is 31.2 Å². The summed E-state index contributed by atoms with van der Waals surface area (Å²) < 4.78 is 0. The number of pyridine rings is 1. The lowest BCUT2D eigenvalue weighted by Crippen LogP contribution is -2.31. The minimum atomic E-state index is 0.175. The van der Waals surface area contributed by atoms with Crippen molar-refractivity contribution in [3.63, 3.8) is 0 Å². The average Bonchev–Trinajstić information content (AvgIpc) is 2.47. The highest BCUT2D eigenvalue weighted by atomic mass is 16.1. The summed E-state index contributed by atoms with van der Waals surface area (Å²) in [5, 5.41) is 6.37. The third-order valence-corrected chi connectivity index (χ3v) is 3.64. The predicted octanol–water partition coefficient (Wildman–Crippen LogP) is 1.52. The molecular formula is C15H23N3O. The molecule has 2 N–H and O–H groups in total. The molecule has 1 aliphatic heterocycles. The highest BCUT2D eigenvalue weighted by Gasteiger charge is 2.14. The molecule has 0 bridgehead atoms. The van der Waals surface area contributed by atoms with Crippen LogP contribution in [0.5, 0.6) is 0 Å². The Morgan fingerprint density at radius 2 is 2.47 bits per heavy atom. The number of rotatable bonds is 6. The third-order valence-electron chi connectivity index (χ3n) is 3.64. The number of nitrogens with one attached hydrogen (secondary N) is 2. The molecule has 4 heteroatoms. The fourth-order valence-electron chi connectivity index (χ4n) is 2.49. The zero-order valence-electron chi connectivity index (χ0n) is 11.4. The van der Waals surface area contributed by atoms with E-state index in [-0.39, 0.29) is 5.91 Å². The van der Waals surface area contributed by atoms with Gasteiger partial charge in [0.15, 0.2) is 0 Å². The quantitative estimate of drug-likeness (QED) is 0.816. The summed E-state index contributed by atoms with van der Waals surface area (Å²) in [6, 6.07) is 3.96. The Labute approximate surface area is 115 Å². The maximum atomic E-state index is 11.7. The highest BCUT2D eigenvalue weighted by molar-refractivity contribution is 5.75. The summed E-state index contributed by atoms with van der Waals surface area (Å²) in [5.74, 6) is 0.854. The molecule has 0 aliphatic carbocycles. The van der Waals surface area contributed by atoms with Gasteiger partial charge in [0.2, 0.25) is 5.91 Å². The largest absolute Gasteiger partial charge is 0.356 e. The number of hydrogen-bond donors (Lipinski definition) is 2. The fraction of sp³-hybridized carbons (Fsp3) is 0.600. The van der Waals surface area contributed by atoms with Gasteiger partial charge in [-0.3, -0.25) is 9.78 Å². The van der Waals surface area contributed by atoms with Crippen molar-refractivity contribution in [1.29, 1.82) is 0 Å². The van der Waals surface area contributed by atoms with Crippen LogP contribution >= 0.6 is 0 Å². The van der Waals surface area contributed by atoms with Gasteiger partial charge in [-0.25, -0.2) is 0 Å². The summed E-state index contributed by atoms with van der Waals surface area (Å²) in [4.78, 5) is 15.8. The fourth-order valence-corrected chi connectivity index (χ4v) is 2.49. The van der Waals surface area contributed by atoms with Gasteiger partial charge in [0.05, 0.1) is 0 Å². The van der Waals surface area contributed by atoms with Crippen LogP contribution < -0.4 is 10.6 Å². The molecule has 0 saturated carbocycles. The molecule has 1 amide bonds. The Bertz CT molecular complexity index is 374. The standard InChI is InChI=1S/C15H23N3O/c19-15(6-5-13-3-1-8-16-11-13)18-10-7-14-4-2-9-17-12-14/h2,4,9,12-13,16H,1,3,5-8,10-11H2,(H,18,19). The van der Waals surface area contributed by atoms with Gasteiger partial charge in [-0.1, -0.05) is 6.07 Å². The van der Waals surface area contributed by atoms with Crippen LogP contribution in [-0.2, 0) is 11.2 Å². The van der Waals surface area contributed by atoms with Gasteiger partial charge in [-0.15, -0.1) is 0 Å². The molecule has 0 radical (unpaired) electrons. The van der Waals surface area contributed by atoms with Crippen LogP contribution in [-0.4, -0.2) is 30.5 Å². The smallest absolute Gasteiger partial charge is 0.220 e. The van der Waals surface area contributed by atoms with E-state index in [1.54, 1.807) is 6.20 Å². The SMILES string of the molecule is O=C(CCC1CCCNC1)NCCc1cccnc1.